The smallest absolute Gasteiger partial charge is 0.240 e. The Morgan fingerprint density at radius 3 is 2.63 bits per heavy atom. The number of halogens is 1. The number of benzene rings is 1. The predicted molar refractivity (Wildman–Crippen MR) is 133 cm³/mol. The zero-order chi connectivity index (χ0) is 25.0. The summed E-state index contributed by atoms with van der Waals surface area (Å²) < 4.78 is 12.8. The normalized spacial score (nSPS) is 12.5. The van der Waals surface area contributed by atoms with Crippen LogP contribution in [0.1, 0.15) is 31.3 Å². The van der Waals surface area contributed by atoms with Gasteiger partial charge in [0.25, 0.3) is 0 Å². The Hall–Kier alpha value is -3.53. The van der Waals surface area contributed by atoms with Crippen molar-refractivity contribution >= 4 is 23.2 Å². The lowest BCUT2D eigenvalue weighted by Gasteiger charge is -2.23. The van der Waals surface area contributed by atoms with Gasteiger partial charge >= 0.3 is 0 Å². The lowest BCUT2D eigenvalue weighted by Crippen LogP contribution is -2.50. The van der Waals surface area contributed by atoms with Gasteiger partial charge in [0.1, 0.15) is 6.04 Å². The fourth-order valence-electron chi connectivity index (χ4n) is 3.48. The fraction of sp³-hybridized carbons (Fsp3) is 0.280. The van der Waals surface area contributed by atoms with E-state index in [1.165, 1.54) is 0 Å². The number of rotatable bonds is 9. The second kappa shape index (κ2) is 10.4. The number of aromatic nitrogens is 4. The van der Waals surface area contributed by atoms with Crippen molar-refractivity contribution in [2.75, 3.05) is 13.7 Å². The molecule has 10 heteroatoms. The summed E-state index contributed by atoms with van der Waals surface area (Å²) in [6.45, 7) is 3.80. The molecular formula is C25H27ClN6O3. The monoisotopic (exact) mass is 494 g/mol. The van der Waals surface area contributed by atoms with E-state index in [0.29, 0.717) is 29.0 Å². The minimum Gasteiger partial charge on any atom is -0.481 e. The maximum Gasteiger partial charge on any atom is 0.240 e. The van der Waals surface area contributed by atoms with Gasteiger partial charge < -0.3 is 20.5 Å². The van der Waals surface area contributed by atoms with Crippen LogP contribution in [0.25, 0.3) is 16.8 Å². The molecule has 3 aromatic heterocycles. The van der Waals surface area contributed by atoms with Crippen LogP contribution in [0.15, 0.2) is 60.9 Å². The number of hydrogen-bond acceptors (Lipinski definition) is 7. The highest BCUT2D eigenvalue weighted by Crippen LogP contribution is 2.29. The van der Waals surface area contributed by atoms with Gasteiger partial charge in [-0.05, 0) is 31.5 Å². The van der Waals surface area contributed by atoms with Crippen LogP contribution in [-0.2, 0) is 16.1 Å². The number of amides is 1. The average molecular weight is 495 g/mol. The van der Waals surface area contributed by atoms with E-state index < -0.39 is 11.6 Å². The van der Waals surface area contributed by atoms with Crippen LogP contribution in [0.3, 0.4) is 0 Å². The molecule has 0 aliphatic rings. The van der Waals surface area contributed by atoms with Crippen LogP contribution >= 0.6 is 11.6 Å². The first-order valence-electron chi connectivity index (χ1n) is 11.0. The molecule has 0 unspecified atom stereocenters. The Morgan fingerprint density at radius 1 is 1.20 bits per heavy atom. The maximum absolute atomic E-state index is 12.8. The van der Waals surface area contributed by atoms with Crippen molar-refractivity contribution < 1.29 is 14.3 Å². The van der Waals surface area contributed by atoms with Gasteiger partial charge in [-0.3, -0.25) is 9.20 Å². The van der Waals surface area contributed by atoms with Crippen LogP contribution < -0.4 is 15.8 Å². The number of methoxy groups -OCH3 is 1. The van der Waals surface area contributed by atoms with E-state index in [1.807, 2.05) is 36.4 Å². The molecule has 182 valence electrons. The molecule has 9 nitrogen and oxygen atoms in total. The van der Waals surface area contributed by atoms with Gasteiger partial charge in [0.05, 0.1) is 30.9 Å². The van der Waals surface area contributed by atoms with Crippen LogP contribution in [0.2, 0.25) is 5.02 Å². The first kappa shape index (κ1) is 24.6. The lowest BCUT2D eigenvalue weighted by atomic mass is 10.1. The molecule has 0 aliphatic heterocycles. The van der Waals surface area contributed by atoms with Gasteiger partial charge in [0, 0.05) is 29.6 Å². The molecule has 1 aromatic carbocycles. The van der Waals surface area contributed by atoms with E-state index in [9.17, 15) is 4.79 Å². The molecule has 1 amide bonds. The van der Waals surface area contributed by atoms with E-state index in [2.05, 4.69) is 20.5 Å². The third kappa shape index (κ3) is 5.76. The number of pyridine rings is 2. The third-order valence-electron chi connectivity index (χ3n) is 5.35. The molecule has 1 atom stereocenters. The van der Waals surface area contributed by atoms with Crippen LogP contribution in [0.4, 0.5) is 0 Å². The summed E-state index contributed by atoms with van der Waals surface area (Å²) in [6, 6.07) is 14.6. The molecule has 0 saturated heterocycles. The van der Waals surface area contributed by atoms with Gasteiger partial charge in [-0.2, -0.15) is 0 Å². The molecule has 0 fully saturated rings. The molecule has 4 aromatic rings. The van der Waals surface area contributed by atoms with E-state index in [4.69, 9.17) is 26.8 Å². The van der Waals surface area contributed by atoms with Crippen LogP contribution in [0.5, 0.6) is 5.88 Å². The van der Waals surface area contributed by atoms with E-state index in [-0.39, 0.29) is 12.5 Å². The van der Waals surface area contributed by atoms with Crippen LogP contribution in [0, 0.1) is 0 Å². The minimum atomic E-state index is -1.09. The van der Waals surface area contributed by atoms with E-state index in [0.717, 1.165) is 16.7 Å². The summed E-state index contributed by atoms with van der Waals surface area (Å²) in [6.07, 6.45) is 3.38. The Morgan fingerprint density at radius 2 is 1.97 bits per heavy atom. The Balaban J connectivity index is 1.69. The highest BCUT2D eigenvalue weighted by Gasteiger charge is 2.28. The number of ether oxygens (including phenoxy) is 2. The molecular weight excluding hydrogens is 468 g/mol. The number of hydrogen-bond donors (Lipinski definition) is 2. The summed E-state index contributed by atoms with van der Waals surface area (Å²) in [5, 5.41) is 12.2. The van der Waals surface area contributed by atoms with E-state index in [1.54, 1.807) is 49.9 Å². The predicted octanol–water partition coefficient (Wildman–Crippen LogP) is 3.56. The quantitative estimate of drug-likeness (QED) is 0.365. The molecule has 0 spiro atoms. The fourth-order valence-corrected chi connectivity index (χ4v) is 3.69. The Bertz CT molecular complexity index is 1300. The number of carbonyl (C=O) groups excluding carboxylic acids is 1. The zero-order valence-electron chi connectivity index (χ0n) is 19.7. The second-order valence-corrected chi connectivity index (χ2v) is 9.10. The van der Waals surface area contributed by atoms with E-state index >= 15 is 0 Å². The van der Waals surface area contributed by atoms with Crippen LogP contribution in [-0.4, -0.2) is 44.7 Å². The second-order valence-electron chi connectivity index (χ2n) is 8.66. The van der Waals surface area contributed by atoms with Gasteiger partial charge in [-0.1, -0.05) is 41.9 Å². The van der Waals surface area contributed by atoms with Gasteiger partial charge in [0.2, 0.25) is 11.8 Å². The molecule has 0 radical (unpaired) electrons. The summed E-state index contributed by atoms with van der Waals surface area (Å²) in [5.41, 5.74) is 8.04. The van der Waals surface area contributed by atoms with Crippen molar-refractivity contribution in [2.45, 2.75) is 32.0 Å². The van der Waals surface area contributed by atoms with Crippen molar-refractivity contribution in [1.82, 2.24) is 24.9 Å². The van der Waals surface area contributed by atoms with Crippen molar-refractivity contribution in [3.05, 3.63) is 77.3 Å². The topological polar surface area (TPSA) is 117 Å². The summed E-state index contributed by atoms with van der Waals surface area (Å²) in [5.74, 6) is 0.622. The number of carbonyl (C=O) groups is 1. The Kier molecular flexibility index (Phi) is 7.30. The minimum absolute atomic E-state index is 0.156. The molecule has 4 rings (SSSR count). The van der Waals surface area contributed by atoms with Gasteiger partial charge in [0.15, 0.2) is 11.5 Å². The maximum atomic E-state index is 12.8. The number of fused-ring (bicyclic) bond motifs is 1. The molecule has 0 saturated carbocycles. The van der Waals surface area contributed by atoms with Crippen molar-refractivity contribution in [2.24, 2.45) is 5.73 Å². The molecule has 3 N–H and O–H groups in total. The highest BCUT2D eigenvalue weighted by atomic mass is 35.5. The first-order valence-corrected chi connectivity index (χ1v) is 11.4. The number of nitrogens with two attached hydrogens (primary N) is 1. The third-order valence-corrected chi connectivity index (χ3v) is 5.56. The van der Waals surface area contributed by atoms with Gasteiger partial charge in [-0.15, -0.1) is 10.2 Å². The average Bonchev–Trinajstić information content (AvgIpc) is 3.26. The summed E-state index contributed by atoms with van der Waals surface area (Å²) >= 11 is 6.47. The zero-order valence-corrected chi connectivity index (χ0v) is 20.5. The highest BCUT2D eigenvalue weighted by molar-refractivity contribution is 6.30. The molecule has 3 heterocycles. The summed E-state index contributed by atoms with van der Waals surface area (Å²) in [4.78, 5) is 17.0. The molecule has 35 heavy (non-hydrogen) atoms. The Labute approximate surface area is 208 Å². The number of nitrogens with one attached hydrogen (secondary N) is 1. The lowest BCUT2D eigenvalue weighted by molar-refractivity contribution is -0.126. The van der Waals surface area contributed by atoms with Crippen molar-refractivity contribution in [3.63, 3.8) is 0 Å². The molecule has 0 bridgehead atoms. The summed E-state index contributed by atoms with van der Waals surface area (Å²) in [7, 11) is 1.56. The largest absolute Gasteiger partial charge is 0.481 e. The standard InChI is InChI=1S/C25H27ClN6O3/c1-25(2,27)24(33)29-20(15-35-14-16-7-5-4-6-8-16)23-31-30-22-19(11-18(26)13-32(22)23)17-9-10-21(34-3)28-12-17/h4-13,20H,14-15,27H2,1-3H3,(H,29,33)/t20-/m1/s1. The number of nitrogens with zero attached hydrogens (tertiary/aromatic N) is 4. The van der Waals surface area contributed by atoms with Crippen molar-refractivity contribution in [1.29, 1.82) is 0 Å². The molecule has 0 aliphatic carbocycles. The van der Waals surface area contributed by atoms with Crippen molar-refractivity contribution in [3.8, 4) is 17.0 Å². The SMILES string of the molecule is COc1ccc(-c2cc(Cl)cn3c([C@@H](COCc4ccccc4)NC(=O)C(C)(C)N)nnc23)cn1. The first-order chi connectivity index (χ1) is 16.8. The van der Waals surface area contributed by atoms with Gasteiger partial charge in [-0.25, -0.2) is 4.98 Å².